The van der Waals surface area contributed by atoms with Gasteiger partial charge in [0.25, 0.3) is 0 Å². The minimum Gasteiger partial charge on any atom is -0.459 e. The molecule has 0 saturated carbocycles. The second-order valence-corrected chi connectivity index (χ2v) is 5.03. The highest BCUT2D eigenvalue weighted by Gasteiger charge is 2.11. The minimum atomic E-state index is -0.592. The molecule has 2 aromatic rings. The van der Waals surface area contributed by atoms with Crippen molar-refractivity contribution in [2.75, 3.05) is 5.32 Å². The lowest BCUT2D eigenvalue weighted by Gasteiger charge is -2.11. The Kier molecular flexibility index (Phi) is 5.74. The van der Waals surface area contributed by atoms with E-state index in [1.54, 1.807) is 36.4 Å². The number of hydrogen-bond donors (Lipinski definition) is 1. The molecule has 5 heteroatoms. The highest BCUT2D eigenvalue weighted by Crippen LogP contribution is 2.15. The highest BCUT2D eigenvalue weighted by atomic mass is 16.6. The molecule has 1 amide bonds. The summed E-state index contributed by atoms with van der Waals surface area (Å²) in [6, 6.07) is 15.2. The number of para-hydroxylation sites is 1. The van der Waals surface area contributed by atoms with Crippen LogP contribution in [-0.2, 0) is 4.74 Å². The second-order valence-electron chi connectivity index (χ2n) is 5.03. The number of hydrogen-bond acceptors (Lipinski definition) is 4. The first kappa shape index (κ1) is 16.5. The molecule has 2 rings (SSSR count). The van der Waals surface area contributed by atoms with E-state index in [2.05, 4.69) is 5.32 Å². The van der Waals surface area contributed by atoms with Gasteiger partial charge in [-0.3, -0.25) is 5.32 Å². The van der Waals surface area contributed by atoms with E-state index in [4.69, 9.17) is 9.47 Å². The highest BCUT2D eigenvalue weighted by molar-refractivity contribution is 5.90. The fourth-order valence-electron chi connectivity index (χ4n) is 1.77. The molecule has 0 aliphatic rings. The Labute approximate surface area is 135 Å². The molecule has 0 aliphatic carbocycles. The van der Waals surface area contributed by atoms with Gasteiger partial charge in [-0.05, 0) is 49.7 Å². The summed E-state index contributed by atoms with van der Waals surface area (Å²) in [5.41, 5.74) is 1.06. The Morgan fingerprint density at radius 1 is 1.04 bits per heavy atom. The standard InChI is InChI=1S/C18H19NO4/c1-3-13(2)22-17(20)14-9-11-16(12-10-14)23-18(21)19-15-7-5-4-6-8-15/h4-13H,3H2,1-2H3,(H,19,21). The van der Waals surface area contributed by atoms with Crippen LogP contribution in [0.4, 0.5) is 10.5 Å². The van der Waals surface area contributed by atoms with Gasteiger partial charge in [-0.15, -0.1) is 0 Å². The Morgan fingerprint density at radius 2 is 1.70 bits per heavy atom. The van der Waals surface area contributed by atoms with Gasteiger partial charge in [0, 0.05) is 5.69 Å². The molecule has 23 heavy (non-hydrogen) atoms. The summed E-state index contributed by atoms with van der Waals surface area (Å²) >= 11 is 0. The molecule has 1 atom stereocenters. The fraction of sp³-hybridized carbons (Fsp3) is 0.222. The molecular formula is C18H19NO4. The fourth-order valence-corrected chi connectivity index (χ4v) is 1.77. The van der Waals surface area contributed by atoms with Crippen molar-refractivity contribution in [3.8, 4) is 5.75 Å². The van der Waals surface area contributed by atoms with Crippen molar-refractivity contribution in [1.29, 1.82) is 0 Å². The number of anilines is 1. The van der Waals surface area contributed by atoms with Gasteiger partial charge in [0.2, 0.25) is 0 Å². The van der Waals surface area contributed by atoms with Gasteiger partial charge < -0.3 is 9.47 Å². The molecule has 0 aromatic heterocycles. The predicted molar refractivity (Wildman–Crippen MR) is 87.7 cm³/mol. The summed E-state index contributed by atoms with van der Waals surface area (Å²) in [5, 5.41) is 2.61. The zero-order valence-corrected chi connectivity index (χ0v) is 13.1. The van der Waals surface area contributed by atoms with Gasteiger partial charge in [0.05, 0.1) is 11.7 Å². The van der Waals surface area contributed by atoms with E-state index in [0.29, 0.717) is 17.0 Å². The first-order valence-electron chi connectivity index (χ1n) is 7.43. The summed E-state index contributed by atoms with van der Waals surface area (Å²) in [6.45, 7) is 3.78. The van der Waals surface area contributed by atoms with Gasteiger partial charge in [-0.25, -0.2) is 9.59 Å². The first-order chi connectivity index (χ1) is 11.1. The molecule has 2 aromatic carbocycles. The van der Waals surface area contributed by atoms with E-state index >= 15 is 0 Å². The molecule has 1 N–H and O–H groups in total. The summed E-state index contributed by atoms with van der Waals surface area (Å²) in [5.74, 6) is -0.0434. The summed E-state index contributed by atoms with van der Waals surface area (Å²) in [6.07, 6.45) is 0.0354. The SMILES string of the molecule is CCC(C)OC(=O)c1ccc(OC(=O)Nc2ccccc2)cc1. The Bertz CT molecular complexity index is 652. The zero-order chi connectivity index (χ0) is 16.7. The quantitative estimate of drug-likeness (QED) is 0.838. The van der Waals surface area contributed by atoms with Crippen molar-refractivity contribution in [3.05, 3.63) is 60.2 Å². The average Bonchev–Trinajstić information content (AvgIpc) is 2.56. The van der Waals surface area contributed by atoms with Crippen molar-refractivity contribution in [2.45, 2.75) is 26.4 Å². The van der Waals surface area contributed by atoms with E-state index in [0.717, 1.165) is 6.42 Å². The van der Waals surface area contributed by atoms with Crippen LogP contribution < -0.4 is 10.1 Å². The molecule has 0 spiro atoms. The number of benzene rings is 2. The van der Waals surface area contributed by atoms with Crippen LogP contribution in [0.2, 0.25) is 0 Å². The van der Waals surface area contributed by atoms with Crippen LogP contribution in [0.15, 0.2) is 54.6 Å². The third-order valence-corrected chi connectivity index (χ3v) is 3.20. The summed E-state index contributed by atoms with van der Waals surface area (Å²) in [4.78, 5) is 23.6. The number of nitrogens with one attached hydrogen (secondary N) is 1. The molecule has 0 radical (unpaired) electrons. The predicted octanol–water partition coefficient (Wildman–Crippen LogP) is 4.25. The van der Waals surface area contributed by atoms with E-state index in [1.165, 1.54) is 0 Å². The molecule has 0 aliphatic heterocycles. The number of carbonyl (C=O) groups excluding carboxylic acids is 2. The Hall–Kier alpha value is -2.82. The van der Waals surface area contributed by atoms with Gasteiger partial charge in [-0.2, -0.15) is 0 Å². The van der Waals surface area contributed by atoms with E-state index in [1.807, 2.05) is 32.0 Å². The zero-order valence-electron chi connectivity index (χ0n) is 13.1. The molecule has 5 nitrogen and oxygen atoms in total. The van der Waals surface area contributed by atoms with Crippen LogP contribution in [0.5, 0.6) is 5.75 Å². The molecule has 1 unspecified atom stereocenters. The van der Waals surface area contributed by atoms with E-state index in [9.17, 15) is 9.59 Å². The maximum atomic E-state index is 11.8. The third kappa shape index (κ3) is 5.14. The number of rotatable bonds is 5. The van der Waals surface area contributed by atoms with Crippen LogP contribution >= 0.6 is 0 Å². The first-order valence-corrected chi connectivity index (χ1v) is 7.43. The van der Waals surface area contributed by atoms with Crippen LogP contribution in [0.3, 0.4) is 0 Å². The normalized spacial score (nSPS) is 11.4. The largest absolute Gasteiger partial charge is 0.459 e. The van der Waals surface area contributed by atoms with Crippen LogP contribution in [0.1, 0.15) is 30.6 Å². The molecular weight excluding hydrogens is 294 g/mol. The summed E-state index contributed by atoms with van der Waals surface area (Å²) in [7, 11) is 0. The van der Waals surface area contributed by atoms with Crippen molar-refractivity contribution < 1.29 is 19.1 Å². The number of esters is 1. The third-order valence-electron chi connectivity index (χ3n) is 3.20. The van der Waals surface area contributed by atoms with Crippen LogP contribution in [0.25, 0.3) is 0 Å². The number of amides is 1. The Balaban J connectivity index is 1.92. The van der Waals surface area contributed by atoms with Crippen molar-refractivity contribution in [2.24, 2.45) is 0 Å². The minimum absolute atomic E-state index is 0.130. The van der Waals surface area contributed by atoms with E-state index in [-0.39, 0.29) is 12.1 Å². The Morgan fingerprint density at radius 3 is 2.30 bits per heavy atom. The van der Waals surface area contributed by atoms with Crippen molar-refractivity contribution in [3.63, 3.8) is 0 Å². The maximum absolute atomic E-state index is 11.8. The lowest BCUT2D eigenvalue weighted by molar-refractivity contribution is 0.0334. The van der Waals surface area contributed by atoms with Crippen LogP contribution in [0, 0.1) is 0 Å². The molecule has 0 saturated heterocycles. The lowest BCUT2D eigenvalue weighted by atomic mass is 10.2. The molecule has 0 heterocycles. The molecule has 0 fully saturated rings. The average molecular weight is 313 g/mol. The monoisotopic (exact) mass is 313 g/mol. The van der Waals surface area contributed by atoms with E-state index < -0.39 is 6.09 Å². The number of ether oxygens (including phenoxy) is 2. The van der Waals surface area contributed by atoms with Gasteiger partial charge in [0.1, 0.15) is 5.75 Å². The molecule has 120 valence electrons. The van der Waals surface area contributed by atoms with Crippen molar-refractivity contribution >= 4 is 17.7 Å². The maximum Gasteiger partial charge on any atom is 0.417 e. The number of carbonyl (C=O) groups is 2. The van der Waals surface area contributed by atoms with Crippen LogP contribution in [-0.4, -0.2) is 18.2 Å². The topological polar surface area (TPSA) is 64.6 Å². The summed E-state index contributed by atoms with van der Waals surface area (Å²) < 4.78 is 10.4. The second kappa shape index (κ2) is 7.98. The lowest BCUT2D eigenvalue weighted by Crippen LogP contribution is -2.17. The van der Waals surface area contributed by atoms with Gasteiger partial charge >= 0.3 is 12.1 Å². The van der Waals surface area contributed by atoms with Gasteiger partial charge in [-0.1, -0.05) is 25.1 Å². The smallest absolute Gasteiger partial charge is 0.417 e. The molecule has 0 bridgehead atoms. The van der Waals surface area contributed by atoms with Gasteiger partial charge in [0.15, 0.2) is 0 Å². The van der Waals surface area contributed by atoms with Crippen molar-refractivity contribution in [1.82, 2.24) is 0 Å².